The lowest BCUT2D eigenvalue weighted by atomic mass is 9.89. The van der Waals surface area contributed by atoms with Crippen molar-refractivity contribution in [1.82, 2.24) is 5.32 Å². The predicted octanol–water partition coefficient (Wildman–Crippen LogP) is 3.53. The number of hydrogen-bond acceptors (Lipinski definition) is 2. The maximum absolute atomic E-state index is 11.6. The number of amidine groups is 1. The van der Waals surface area contributed by atoms with Crippen LogP contribution in [0.2, 0.25) is 5.02 Å². The first-order chi connectivity index (χ1) is 8.85. The summed E-state index contributed by atoms with van der Waals surface area (Å²) in [4.78, 5) is 16.2. The van der Waals surface area contributed by atoms with Gasteiger partial charge in [0.1, 0.15) is 5.84 Å². The molecule has 2 rings (SSSR count). The van der Waals surface area contributed by atoms with Gasteiger partial charge in [-0.05, 0) is 44.9 Å². The Morgan fingerprint density at radius 1 is 1.26 bits per heavy atom. The van der Waals surface area contributed by atoms with Crippen molar-refractivity contribution in [2.45, 2.75) is 45.1 Å². The van der Waals surface area contributed by atoms with E-state index in [0.29, 0.717) is 6.42 Å². The molecule has 1 heterocycles. The van der Waals surface area contributed by atoms with Crippen molar-refractivity contribution in [3.05, 3.63) is 34.9 Å². The molecule has 1 aliphatic heterocycles. The molecule has 0 spiro atoms. The Kier molecular flexibility index (Phi) is 3.95. The van der Waals surface area contributed by atoms with Crippen LogP contribution in [0.5, 0.6) is 0 Å². The second-order valence-corrected chi connectivity index (χ2v) is 6.30. The van der Waals surface area contributed by atoms with Gasteiger partial charge in [0.15, 0.2) is 0 Å². The summed E-state index contributed by atoms with van der Waals surface area (Å²) in [5, 5.41) is 3.63. The van der Waals surface area contributed by atoms with E-state index >= 15 is 0 Å². The number of nitrogens with zero attached hydrogens (tertiary/aromatic N) is 1. The number of rotatable bonds is 1. The first kappa shape index (κ1) is 14.1. The normalized spacial score (nSPS) is 22.4. The van der Waals surface area contributed by atoms with Crippen molar-refractivity contribution in [2.24, 2.45) is 4.99 Å². The molecular formula is C15H19ClN2O. The number of carbonyl (C=O) groups excluding carboxylic acids is 1. The molecule has 1 aromatic rings. The Labute approximate surface area is 119 Å². The van der Waals surface area contributed by atoms with Crippen LogP contribution in [0.1, 0.15) is 45.1 Å². The van der Waals surface area contributed by atoms with Crippen LogP contribution < -0.4 is 5.32 Å². The van der Waals surface area contributed by atoms with Crippen molar-refractivity contribution in [2.75, 3.05) is 0 Å². The van der Waals surface area contributed by atoms with E-state index in [2.05, 4.69) is 10.3 Å². The standard InChI is InChI=1S/C15H19ClN2O/c1-15(2,3)18-14-12(8-9-13(19)17-14)10-4-6-11(16)7-5-10/h4-7,12H,8-9H2,1-3H3,(H,17,18,19). The lowest BCUT2D eigenvalue weighted by molar-refractivity contribution is -0.120. The second-order valence-electron chi connectivity index (χ2n) is 5.86. The number of carbonyl (C=O) groups is 1. The number of nitrogens with one attached hydrogen (secondary N) is 1. The molecule has 1 unspecified atom stereocenters. The topological polar surface area (TPSA) is 41.5 Å². The van der Waals surface area contributed by atoms with Crippen LogP contribution in [-0.2, 0) is 4.79 Å². The second kappa shape index (κ2) is 5.33. The molecule has 0 bridgehead atoms. The van der Waals surface area contributed by atoms with Gasteiger partial charge >= 0.3 is 0 Å². The molecule has 4 heteroatoms. The quantitative estimate of drug-likeness (QED) is 0.839. The molecule has 1 saturated heterocycles. The highest BCUT2D eigenvalue weighted by Gasteiger charge is 2.27. The minimum Gasteiger partial charge on any atom is -0.314 e. The van der Waals surface area contributed by atoms with Crippen LogP contribution in [0.3, 0.4) is 0 Å². The Bertz CT molecular complexity index is 500. The zero-order valence-electron chi connectivity index (χ0n) is 11.5. The molecule has 1 amide bonds. The summed E-state index contributed by atoms with van der Waals surface area (Å²) in [5.41, 5.74) is 0.942. The maximum atomic E-state index is 11.6. The van der Waals surface area contributed by atoms with E-state index in [1.807, 2.05) is 45.0 Å². The van der Waals surface area contributed by atoms with E-state index in [1.165, 1.54) is 0 Å². The van der Waals surface area contributed by atoms with E-state index in [4.69, 9.17) is 11.6 Å². The summed E-state index contributed by atoms with van der Waals surface area (Å²) in [6.45, 7) is 6.08. The third kappa shape index (κ3) is 3.80. The zero-order chi connectivity index (χ0) is 14.0. The Hall–Kier alpha value is -1.35. The van der Waals surface area contributed by atoms with Gasteiger partial charge in [-0.2, -0.15) is 0 Å². The van der Waals surface area contributed by atoms with E-state index in [0.717, 1.165) is 22.8 Å². The highest BCUT2D eigenvalue weighted by molar-refractivity contribution is 6.30. The van der Waals surface area contributed by atoms with Crippen molar-refractivity contribution >= 4 is 23.3 Å². The molecule has 1 aliphatic rings. The largest absolute Gasteiger partial charge is 0.314 e. The minimum atomic E-state index is -0.204. The van der Waals surface area contributed by atoms with Crippen LogP contribution in [0.15, 0.2) is 29.3 Å². The van der Waals surface area contributed by atoms with E-state index in [-0.39, 0.29) is 17.4 Å². The average molecular weight is 279 g/mol. The molecule has 0 aliphatic carbocycles. The van der Waals surface area contributed by atoms with Crippen LogP contribution in [-0.4, -0.2) is 17.3 Å². The summed E-state index contributed by atoms with van der Waals surface area (Å²) >= 11 is 5.92. The zero-order valence-corrected chi connectivity index (χ0v) is 12.3. The highest BCUT2D eigenvalue weighted by Crippen LogP contribution is 2.28. The van der Waals surface area contributed by atoms with Gasteiger partial charge < -0.3 is 5.32 Å². The summed E-state index contributed by atoms with van der Waals surface area (Å²) in [6, 6.07) is 7.76. The predicted molar refractivity (Wildman–Crippen MR) is 78.8 cm³/mol. The van der Waals surface area contributed by atoms with Gasteiger partial charge in [0.2, 0.25) is 5.91 Å². The van der Waals surface area contributed by atoms with Crippen LogP contribution in [0.4, 0.5) is 0 Å². The van der Waals surface area contributed by atoms with Crippen molar-refractivity contribution in [3.8, 4) is 0 Å². The lowest BCUT2D eigenvalue weighted by Gasteiger charge is -2.27. The number of piperidine rings is 1. The van der Waals surface area contributed by atoms with E-state index < -0.39 is 0 Å². The molecule has 19 heavy (non-hydrogen) atoms. The molecule has 0 saturated carbocycles. The molecule has 1 N–H and O–H groups in total. The van der Waals surface area contributed by atoms with Gasteiger partial charge in [-0.3, -0.25) is 9.79 Å². The Balaban J connectivity index is 2.33. The van der Waals surface area contributed by atoms with Crippen molar-refractivity contribution in [1.29, 1.82) is 0 Å². The number of benzene rings is 1. The number of hydrogen-bond donors (Lipinski definition) is 1. The SMILES string of the molecule is CC(C)(C)N=C1NC(=O)CCC1c1ccc(Cl)cc1. The summed E-state index contributed by atoms with van der Waals surface area (Å²) in [6.07, 6.45) is 1.33. The van der Waals surface area contributed by atoms with E-state index in [9.17, 15) is 4.79 Å². The van der Waals surface area contributed by atoms with Crippen molar-refractivity contribution < 1.29 is 4.79 Å². The lowest BCUT2D eigenvalue weighted by Crippen LogP contribution is -2.41. The first-order valence-corrected chi connectivity index (χ1v) is 6.88. The smallest absolute Gasteiger partial charge is 0.225 e. The molecule has 1 atom stereocenters. The third-order valence-electron chi connectivity index (χ3n) is 2.99. The summed E-state index contributed by atoms with van der Waals surface area (Å²) in [7, 11) is 0. The Morgan fingerprint density at radius 3 is 2.47 bits per heavy atom. The van der Waals surface area contributed by atoms with Gasteiger partial charge in [-0.15, -0.1) is 0 Å². The fourth-order valence-corrected chi connectivity index (χ4v) is 2.32. The molecule has 3 nitrogen and oxygen atoms in total. The number of aliphatic imine (C=N–C) groups is 1. The first-order valence-electron chi connectivity index (χ1n) is 6.50. The van der Waals surface area contributed by atoms with Gasteiger partial charge in [0, 0.05) is 17.4 Å². The molecule has 1 aromatic carbocycles. The number of amides is 1. The van der Waals surface area contributed by atoms with Crippen molar-refractivity contribution in [3.63, 3.8) is 0 Å². The van der Waals surface area contributed by atoms with Gasteiger partial charge in [0.05, 0.1) is 5.54 Å². The summed E-state index contributed by atoms with van der Waals surface area (Å²) in [5.74, 6) is 0.966. The van der Waals surface area contributed by atoms with Crippen LogP contribution in [0, 0.1) is 0 Å². The monoisotopic (exact) mass is 278 g/mol. The van der Waals surface area contributed by atoms with E-state index in [1.54, 1.807) is 0 Å². The van der Waals surface area contributed by atoms with Gasteiger partial charge in [-0.1, -0.05) is 23.7 Å². The fourth-order valence-electron chi connectivity index (χ4n) is 2.19. The minimum absolute atomic E-state index is 0.0493. The number of halogens is 1. The van der Waals surface area contributed by atoms with Gasteiger partial charge in [0.25, 0.3) is 0 Å². The van der Waals surface area contributed by atoms with Crippen LogP contribution in [0.25, 0.3) is 0 Å². The average Bonchev–Trinajstić information content (AvgIpc) is 2.29. The molecule has 0 aromatic heterocycles. The highest BCUT2D eigenvalue weighted by atomic mass is 35.5. The molecule has 1 fully saturated rings. The molecule has 0 radical (unpaired) electrons. The molecular weight excluding hydrogens is 260 g/mol. The summed E-state index contributed by atoms with van der Waals surface area (Å²) < 4.78 is 0. The van der Waals surface area contributed by atoms with Gasteiger partial charge in [-0.25, -0.2) is 0 Å². The molecule has 102 valence electrons. The fraction of sp³-hybridized carbons (Fsp3) is 0.467. The third-order valence-corrected chi connectivity index (χ3v) is 3.24. The van der Waals surface area contributed by atoms with Crippen LogP contribution >= 0.6 is 11.6 Å². The Morgan fingerprint density at radius 2 is 1.89 bits per heavy atom. The maximum Gasteiger partial charge on any atom is 0.225 e.